The molecule has 246 valence electrons. The van der Waals surface area contributed by atoms with Crippen molar-refractivity contribution in [3.63, 3.8) is 0 Å². The number of nitrogens with two attached hydrogens (primary N) is 1. The number of hydrogen-bond acceptors (Lipinski definition) is 7. The summed E-state index contributed by atoms with van der Waals surface area (Å²) in [5.74, 6) is -3.36. The number of urea groups is 1. The quantitative estimate of drug-likeness (QED) is 0.203. The van der Waals surface area contributed by atoms with Crippen LogP contribution in [0, 0.1) is 34.5 Å². The Hall–Kier alpha value is -3.83. The number of ketones is 2. The Morgan fingerprint density at radius 3 is 2.22 bits per heavy atom. The number of carbonyl (C=O) groups is 6. The van der Waals surface area contributed by atoms with Crippen LogP contribution in [-0.2, 0) is 19.2 Å². The van der Waals surface area contributed by atoms with Crippen LogP contribution in [0.4, 0.5) is 4.79 Å². The van der Waals surface area contributed by atoms with Crippen molar-refractivity contribution in [2.45, 2.75) is 98.3 Å². The van der Waals surface area contributed by atoms with Crippen molar-refractivity contribution in [3.8, 4) is 0 Å². The predicted octanol–water partition coefficient (Wildman–Crippen LogP) is 2.22. The van der Waals surface area contributed by atoms with E-state index >= 15 is 0 Å². The van der Waals surface area contributed by atoms with Crippen LogP contribution in [0.3, 0.4) is 0 Å². The van der Waals surface area contributed by atoms with Gasteiger partial charge in [0.2, 0.25) is 23.4 Å². The maximum atomic E-state index is 14.2. The fraction of sp³-hybridized carbons (Fsp3) is 0.667. The van der Waals surface area contributed by atoms with Gasteiger partial charge in [-0.2, -0.15) is 0 Å². The number of nitrogens with one attached hydrogen (secondary N) is 3. The Kier molecular flexibility index (Phi) is 9.75. The molecule has 2 aliphatic carbocycles. The highest BCUT2D eigenvalue weighted by atomic mass is 16.2. The van der Waals surface area contributed by atoms with E-state index in [1.807, 2.05) is 34.6 Å². The average molecular weight is 625 g/mol. The molecule has 1 aromatic rings. The van der Waals surface area contributed by atoms with Crippen molar-refractivity contribution in [1.82, 2.24) is 25.8 Å². The first-order chi connectivity index (χ1) is 20.9. The van der Waals surface area contributed by atoms with E-state index in [9.17, 15) is 28.8 Å². The molecule has 1 aliphatic heterocycles. The lowest BCUT2D eigenvalue weighted by Crippen LogP contribution is -2.62. The molecule has 0 spiro atoms. The fourth-order valence-electron chi connectivity index (χ4n) is 6.87. The molecule has 45 heavy (non-hydrogen) atoms. The molecule has 12 nitrogen and oxygen atoms in total. The van der Waals surface area contributed by atoms with Gasteiger partial charge in [0.15, 0.2) is 0 Å². The lowest BCUT2D eigenvalue weighted by Gasteiger charge is -2.38. The number of carbonyl (C=O) groups excluding carboxylic acids is 6. The topological polar surface area (TPSA) is 181 Å². The number of pyridine rings is 1. The third kappa shape index (κ3) is 7.20. The molecular formula is C33H48N6O6. The van der Waals surface area contributed by atoms with Crippen molar-refractivity contribution in [1.29, 1.82) is 0 Å². The van der Waals surface area contributed by atoms with Crippen LogP contribution in [-0.4, -0.2) is 75.9 Å². The SMILES string of the molecule is CC(C)[C@H](NC(=O)N[C@H](C(=O)N1C[C@H]2[C@@H]([C@H]1C(=O)NC(CC1CCC1)C(=O)C(N)=O)C2(C)C)C(C)(C)C)C(=O)c1ccccn1. The van der Waals surface area contributed by atoms with Crippen LogP contribution < -0.4 is 21.7 Å². The second kappa shape index (κ2) is 12.9. The Labute approximate surface area is 265 Å². The first-order valence-electron chi connectivity index (χ1n) is 15.9. The average Bonchev–Trinajstić information content (AvgIpc) is 3.26. The summed E-state index contributed by atoms with van der Waals surface area (Å²) >= 11 is 0. The summed E-state index contributed by atoms with van der Waals surface area (Å²) in [7, 11) is 0. The van der Waals surface area contributed by atoms with Gasteiger partial charge in [0.1, 0.15) is 17.8 Å². The molecule has 0 bridgehead atoms. The summed E-state index contributed by atoms with van der Waals surface area (Å²) in [5, 5.41) is 8.30. The van der Waals surface area contributed by atoms with E-state index in [2.05, 4.69) is 20.9 Å². The van der Waals surface area contributed by atoms with Gasteiger partial charge in [-0.15, -0.1) is 0 Å². The standard InChI is InChI=1S/C33H48N6O6/c1-17(2)23(25(40)20-13-8-9-14-35-20)37-31(45)38-27(32(3,4)5)30(44)39-16-19-22(33(19,6)7)24(39)29(43)36-21(26(41)28(34)42)15-18-11-10-12-18/h8-9,13-14,17-19,21-24,27H,10-12,15-16H2,1-7H3,(H2,34,42)(H,36,43)(H2,37,38,45)/t19-,21?,22-,23-,24-,27+/m0/s1. The molecule has 5 amide bonds. The summed E-state index contributed by atoms with van der Waals surface area (Å²) in [6, 6.07) is 0.425. The van der Waals surface area contributed by atoms with Gasteiger partial charge in [0, 0.05) is 12.7 Å². The molecule has 3 fully saturated rings. The Morgan fingerprint density at radius 1 is 1.04 bits per heavy atom. The van der Waals surface area contributed by atoms with E-state index in [0.29, 0.717) is 13.0 Å². The zero-order chi connectivity index (χ0) is 33.4. The summed E-state index contributed by atoms with van der Waals surface area (Å²) in [6.45, 7) is 13.4. The highest BCUT2D eigenvalue weighted by Crippen LogP contribution is 2.65. The predicted molar refractivity (Wildman–Crippen MR) is 166 cm³/mol. The number of likely N-dealkylation sites (tertiary alicyclic amines) is 1. The lowest BCUT2D eigenvalue weighted by atomic mass is 9.80. The molecule has 3 aliphatic rings. The number of Topliss-reactive ketones (excluding diaryl/α,β-unsaturated/α-hetero) is 2. The zero-order valence-corrected chi connectivity index (χ0v) is 27.4. The molecule has 2 saturated carbocycles. The minimum absolute atomic E-state index is 0.0601. The number of hydrogen-bond donors (Lipinski definition) is 4. The smallest absolute Gasteiger partial charge is 0.316 e. The first-order valence-corrected chi connectivity index (χ1v) is 15.9. The van der Waals surface area contributed by atoms with Gasteiger partial charge in [-0.1, -0.05) is 73.8 Å². The second-order valence-electron chi connectivity index (χ2n) is 14.9. The van der Waals surface area contributed by atoms with Crippen LogP contribution in [0.25, 0.3) is 0 Å². The second-order valence-corrected chi connectivity index (χ2v) is 14.9. The van der Waals surface area contributed by atoms with Crippen molar-refractivity contribution in [2.24, 2.45) is 40.2 Å². The third-order valence-electron chi connectivity index (χ3n) is 9.97. The van der Waals surface area contributed by atoms with Gasteiger partial charge in [0.05, 0.1) is 12.1 Å². The van der Waals surface area contributed by atoms with Crippen LogP contribution in [0.1, 0.15) is 84.6 Å². The Balaban J connectivity index is 1.53. The highest BCUT2D eigenvalue weighted by Gasteiger charge is 2.70. The Bertz CT molecular complexity index is 1330. The Morgan fingerprint density at radius 2 is 1.71 bits per heavy atom. The molecule has 5 N–H and O–H groups in total. The van der Waals surface area contributed by atoms with Gasteiger partial charge in [-0.3, -0.25) is 29.0 Å². The minimum Gasteiger partial charge on any atom is -0.363 e. The molecule has 1 aromatic heterocycles. The molecule has 4 rings (SSSR count). The van der Waals surface area contributed by atoms with Gasteiger partial charge in [0.25, 0.3) is 5.91 Å². The molecular weight excluding hydrogens is 576 g/mol. The number of nitrogens with zero attached hydrogens (tertiary/aromatic N) is 2. The van der Waals surface area contributed by atoms with Crippen LogP contribution in [0.5, 0.6) is 0 Å². The number of piperidine rings is 1. The fourth-order valence-corrected chi connectivity index (χ4v) is 6.87. The largest absolute Gasteiger partial charge is 0.363 e. The van der Waals surface area contributed by atoms with Gasteiger partial charge >= 0.3 is 6.03 Å². The molecule has 1 saturated heterocycles. The van der Waals surface area contributed by atoms with E-state index in [4.69, 9.17) is 5.73 Å². The van der Waals surface area contributed by atoms with E-state index in [-0.39, 0.29) is 40.6 Å². The van der Waals surface area contributed by atoms with E-state index in [1.54, 1.807) is 32.0 Å². The van der Waals surface area contributed by atoms with E-state index in [0.717, 1.165) is 19.3 Å². The maximum Gasteiger partial charge on any atom is 0.316 e. The minimum atomic E-state index is -1.10. The van der Waals surface area contributed by atoms with Gasteiger partial charge in [-0.05, 0) is 53.1 Å². The van der Waals surface area contributed by atoms with Crippen LogP contribution >= 0.6 is 0 Å². The normalized spacial score (nSPS) is 24.0. The van der Waals surface area contributed by atoms with Crippen molar-refractivity contribution >= 4 is 35.3 Å². The van der Waals surface area contributed by atoms with Crippen molar-refractivity contribution in [3.05, 3.63) is 30.1 Å². The van der Waals surface area contributed by atoms with E-state index in [1.165, 1.54) is 11.1 Å². The number of aromatic nitrogens is 1. The maximum absolute atomic E-state index is 14.2. The van der Waals surface area contributed by atoms with Gasteiger partial charge < -0.3 is 26.6 Å². The summed E-state index contributed by atoms with van der Waals surface area (Å²) in [5.41, 5.74) is 4.58. The molecule has 2 heterocycles. The molecule has 0 radical (unpaired) electrons. The number of amides is 5. The van der Waals surface area contributed by atoms with Crippen molar-refractivity contribution in [2.75, 3.05) is 6.54 Å². The number of primary amides is 1. The highest BCUT2D eigenvalue weighted by molar-refractivity contribution is 6.37. The van der Waals surface area contributed by atoms with Crippen LogP contribution in [0.15, 0.2) is 24.4 Å². The number of rotatable bonds is 12. The molecule has 1 unspecified atom stereocenters. The van der Waals surface area contributed by atoms with Crippen molar-refractivity contribution < 1.29 is 28.8 Å². The van der Waals surface area contributed by atoms with Gasteiger partial charge in [-0.25, -0.2) is 4.79 Å². The lowest BCUT2D eigenvalue weighted by molar-refractivity contribution is -0.145. The number of fused-ring (bicyclic) bond motifs is 1. The van der Waals surface area contributed by atoms with E-state index < -0.39 is 59.1 Å². The first kappa shape index (κ1) is 34.1. The molecule has 6 atom stereocenters. The summed E-state index contributed by atoms with van der Waals surface area (Å²) in [6.07, 6.45) is 4.69. The molecule has 0 aromatic carbocycles. The zero-order valence-electron chi connectivity index (χ0n) is 27.4. The summed E-state index contributed by atoms with van der Waals surface area (Å²) in [4.78, 5) is 84.7. The molecule has 12 heteroatoms. The summed E-state index contributed by atoms with van der Waals surface area (Å²) < 4.78 is 0. The third-order valence-corrected chi connectivity index (χ3v) is 9.97. The van der Waals surface area contributed by atoms with Crippen LogP contribution in [0.2, 0.25) is 0 Å². The monoisotopic (exact) mass is 624 g/mol.